The highest BCUT2D eigenvalue weighted by Gasteiger charge is 2.13. The molecule has 0 unspecified atom stereocenters. The maximum Gasteiger partial charge on any atom is 0.232 e. The van der Waals surface area contributed by atoms with E-state index in [0.29, 0.717) is 11.9 Å². The highest BCUT2D eigenvalue weighted by Crippen LogP contribution is 2.18. The Balaban J connectivity index is 2.27. The molecular formula is C12H18N6S. The van der Waals surface area contributed by atoms with Crippen LogP contribution in [0.25, 0.3) is 0 Å². The van der Waals surface area contributed by atoms with Gasteiger partial charge in [0.1, 0.15) is 0 Å². The molecule has 0 saturated carbocycles. The summed E-state index contributed by atoms with van der Waals surface area (Å²) in [7, 11) is 3.77. The summed E-state index contributed by atoms with van der Waals surface area (Å²) in [5.74, 6) is 1.44. The Kier molecular flexibility index (Phi) is 4.16. The van der Waals surface area contributed by atoms with Gasteiger partial charge in [0.25, 0.3) is 0 Å². The number of thiophene rings is 1. The molecule has 0 atom stereocenters. The van der Waals surface area contributed by atoms with Crippen LogP contribution in [0.3, 0.4) is 0 Å². The van der Waals surface area contributed by atoms with Gasteiger partial charge in [-0.3, -0.25) is 0 Å². The monoisotopic (exact) mass is 278 g/mol. The average Bonchev–Trinajstić information content (AvgIpc) is 2.88. The largest absolute Gasteiger partial charge is 0.368 e. The lowest BCUT2D eigenvalue weighted by Crippen LogP contribution is -2.26. The van der Waals surface area contributed by atoms with Gasteiger partial charge in [-0.05, 0) is 18.4 Å². The molecule has 0 fully saturated rings. The van der Waals surface area contributed by atoms with Crippen LogP contribution >= 0.6 is 11.3 Å². The van der Waals surface area contributed by atoms with E-state index in [1.807, 2.05) is 25.1 Å². The highest BCUT2D eigenvalue weighted by atomic mass is 32.1. The van der Waals surface area contributed by atoms with Crippen molar-refractivity contribution in [1.82, 2.24) is 15.0 Å². The van der Waals surface area contributed by atoms with Gasteiger partial charge in [-0.2, -0.15) is 15.0 Å². The van der Waals surface area contributed by atoms with Gasteiger partial charge in [0, 0.05) is 25.5 Å². The zero-order valence-electron chi connectivity index (χ0n) is 11.4. The number of hydrogen-bond acceptors (Lipinski definition) is 7. The molecule has 0 aromatic carbocycles. The molecule has 0 aliphatic carbocycles. The standard InChI is InChI=1S/C12H18N6S/c1-4-18(8-9-6-5-7-19-9)12-15-10(13)14-11(16-12)17(2)3/h5-7H,4,8H2,1-3H3,(H2,13,14,15,16). The van der Waals surface area contributed by atoms with Crippen molar-refractivity contribution in [3.05, 3.63) is 22.4 Å². The minimum Gasteiger partial charge on any atom is -0.368 e. The molecule has 0 spiro atoms. The lowest BCUT2D eigenvalue weighted by atomic mass is 10.4. The number of nitrogen functional groups attached to an aromatic ring is 1. The topological polar surface area (TPSA) is 71.2 Å². The van der Waals surface area contributed by atoms with Crippen LogP contribution in [0.2, 0.25) is 0 Å². The molecule has 19 heavy (non-hydrogen) atoms. The number of nitrogens with zero attached hydrogens (tertiary/aromatic N) is 5. The fraction of sp³-hybridized carbons (Fsp3) is 0.417. The minimum absolute atomic E-state index is 0.248. The molecule has 0 radical (unpaired) electrons. The van der Waals surface area contributed by atoms with Crippen LogP contribution < -0.4 is 15.5 Å². The van der Waals surface area contributed by atoms with Crippen LogP contribution in [0.15, 0.2) is 17.5 Å². The van der Waals surface area contributed by atoms with Crippen molar-refractivity contribution in [1.29, 1.82) is 0 Å². The van der Waals surface area contributed by atoms with Gasteiger partial charge in [0.05, 0.1) is 6.54 Å². The van der Waals surface area contributed by atoms with Crippen molar-refractivity contribution in [3.63, 3.8) is 0 Å². The number of rotatable bonds is 5. The smallest absolute Gasteiger partial charge is 0.232 e. The number of anilines is 3. The fourth-order valence-corrected chi connectivity index (χ4v) is 2.34. The molecule has 2 aromatic heterocycles. The molecule has 2 N–H and O–H groups in total. The van der Waals surface area contributed by atoms with Gasteiger partial charge in [0.2, 0.25) is 17.8 Å². The van der Waals surface area contributed by atoms with E-state index in [0.717, 1.165) is 13.1 Å². The lowest BCUT2D eigenvalue weighted by molar-refractivity contribution is 0.789. The van der Waals surface area contributed by atoms with Crippen molar-refractivity contribution >= 4 is 29.2 Å². The fourth-order valence-electron chi connectivity index (χ4n) is 1.63. The first-order valence-corrected chi connectivity index (χ1v) is 6.94. The second-order valence-corrected chi connectivity index (χ2v) is 5.31. The predicted molar refractivity (Wildman–Crippen MR) is 79.6 cm³/mol. The van der Waals surface area contributed by atoms with Crippen LogP contribution in [0.4, 0.5) is 17.8 Å². The summed E-state index contributed by atoms with van der Waals surface area (Å²) in [5.41, 5.74) is 5.75. The molecule has 6 nitrogen and oxygen atoms in total. The number of nitrogens with two attached hydrogens (primary N) is 1. The maximum absolute atomic E-state index is 5.75. The molecule has 0 amide bonds. The van der Waals surface area contributed by atoms with Crippen LogP contribution in [0, 0.1) is 0 Å². The predicted octanol–water partition coefficient (Wildman–Crippen LogP) is 1.61. The Labute approximate surface area is 116 Å². The number of hydrogen-bond donors (Lipinski definition) is 1. The summed E-state index contributed by atoms with van der Waals surface area (Å²) < 4.78 is 0. The third kappa shape index (κ3) is 3.31. The zero-order chi connectivity index (χ0) is 13.8. The summed E-state index contributed by atoms with van der Waals surface area (Å²) in [5, 5.41) is 2.07. The third-order valence-corrected chi connectivity index (χ3v) is 3.48. The van der Waals surface area contributed by atoms with E-state index in [1.54, 1.807) is 11.3 Å². The third-order valence-electron chi connectivity index (χ3n) is 2.62. The molecular weight excluding hydrogens is 260 g/mol. The molecule has 2 rings (SSSR count). The lowest BCUT2D eigenvalue weighted by Gasteiger charge is -2.21. The quantitative estimate of drug-likeness (QED) is 0.896. The first kappa shape index (κ1) is 13.5. The van der Waals surface area contributed by atoms with Gasteiger partial charge >= 0.3 is 0 Å². The molecule has 102 valence electrons. The first-order chi connectivity index (χ1) is 9.10. The van der Waals surface area contributed by atoms with Gasteiger partial charge in [-0.1, -0.05) is 6.07 Å². The van der Waals surface area contributed by atoms with E-state index in [2.05, 4.69) is 38.2 Å². The Hall–Kier alpha value is -1.89. The Morgan fingerprint density at radius 2 is 1.95 bits per heavy atom. The van der Waals surface area contributed by atoms with E-state index in [1.165, 1.54) is 4.88 Å². The number of aromatic nitrogens is 3. The summed E-state index contributed by atoms with van der Waals surface area (Å²) in [4.78, 5) is 17.9. The Bertz CT molecular complexity index is 525. The summed E-state index contributed by atoms with van der Waals surface area (Å²) >= 11 is 1.72. The maximum atomic E-state index is 5.75. The summed E-state index contributed by atoms with van der Waals surface area (Å²) in [6, 6.07) is 4.14. The van der Waals surface area contributed by atoms with Crippen molar-refractivity contribution < 1.29 is 0 Å². The molecule has 0 saturated heterocycles. The normalized spacial score (nSPS) is 10.5. The van der Waals surface area contributed by atoms with Crippen LogP contribution in [-0.4, -0.2) is 35.6 Å². The van der Waals surface area contributed by atoms with Crippen LogP contribution in [0.5, 0.6) is 0 Å². The summed E-state index contributed by atoms with van der Waals surface area (Å²) in [6.07, 6.45) is 0. The van der Waals surface area contributed by atoms with Gasteiger partial charge in [-0.25, -0.2) is 0 Å². The van der Waals surface area contributed by atoms with E-state index in [9.17, 15) is 0 Å². The molecule has 7 heteroatoms. The van der Waals surface area contributed by atoms with Crippen molar-refractivity contribution in [2.24, 2.45) is 0 Å². The Morgan fingerprint density at radius 3 is 2.53 bits per heavy atom. The van der Waals surface area contributed by atoms with Crippen molar-refractivity contribution in [3.8, 4) is 0 Å². The van der Waals surface area contributed by atoms with Crippen molar-refractivity contribution in [2.45, 2.75) is 13.5 Å². The second kappa shape index (κ2) is 5.83. The molecule has 2 aromatic rings. The van der Waals surface area contributed by atoms with Crippen LogP contribution in [-0.2, 0) is 6.54 Å². The molecule has 2 heterocycles. The molecule has 0 aliphatic rings. The zero-order valence-corrected chi connectivity index (χ0v) is 12.2. The Morgan fingerprint density at radius 1 is 1.21 bits per heavy atom. The second-order valence-electron chi connectivity index (χ2n) is 4.28. The van der Waals surface area contributed by atoms with E-state index in [-0.39, 0.29) is 5.95 Å². The van der Waals surface area contributed by atoms with Crippen molar-refractivity contribution in [2.75, 3.05) is 36.2 Å². The SMILES string of the molecule is CCN(Cc1cccs1)c1nc(N)nc(N(C)C)n1. The highest BCUT2D eigenvalue weighted by molar-refractivity contribution is 7.09. The minimum atomic E-state index is 0.248. The van der Waals surface area contributed by atoms with Crippen LogP contribution in [0.1, 0.15) is 11.8 Å². The average molecular weight is 278 g/mol. The van der Waals surface area contributed by atoms with E-state index < -0.39 is 0 Å². The summed E-state index contributed by atoms with van der Waals surface area (Å²) in [6.45, 7) is 3.67. The van der Waals surface area contributed by atoms with Gasteiger partial charge in [-0.15, -0.1) is 11.3 Å². The van der Waals surface area contributed by atoms with E-state index >= 15 is 0 Å². The van der Waals surface area contributed by atoms with Gasteiger partial charge in [0.15, 0.2) is 0 Å². The van der Waals surface area contributed by atoms with E-state index in [4.69, 9.17) is 5.73 Å². The molecule has 0 aliphatic heterocycles. The first-order valence-electron chi connectivity index (χ1n) is 6.06. The van der Waals surface area contributed by atoms with Gasteiger partial charge < -0.3 is 15.5 Å². The molecule has 0 bridgehead atoms.